The molecule has 0 saturated carbocycles. The number of hydrogen-bond donors (Lipinski definition) is 1. The maximum Gasteiger partial charge on any atom is 0.128 e. The Morgan fingerprint density at radius 1 is 1.17 bits per heavy atom. The number of hydrogen-bond acceptors (Lipinski definition) is 3. The van der Waals surface area contributed by atoms with Crippen molar-refractivity contribution >= 4 is 17.4 Å². The number of amidine groups is 1. The van der Waals surface area contributed by atoms with Crippen molar-refractivity contribution in [3.05, 3.63) is 63.7 Å². The van der Waals surface area contributed by atoms with Crippen LogP contribution in [0.25, 0.3) is 0 Å². The van der Waals surface area contributed by atoms with E-state index in [1.54, 1.807) is 0 Å². The summed E-state index contributed by atoms with van der Waals surface area (Å²) < 4.78 is 6.00. The van der Waals surface area contributed by atoms with Gasteiger partial charge in [0.2, 0.25) is 0 Å². The van der Waals surface area contributed by atoms with E-state index in [0.717, 1.165) is 58.4 Å². The Hall–Kier alpha value is -2.00. The van der Waals surface area contributed by atoms with E-state index in [-0.39, 0.29) is 0 Å². The monoisotopic (exact) mass is 328 g/mol. The standard InChI is InChI=1S/C19H21ClN2O/c1-13-10-16(11-14(2)18(13)20)23-12-15-6-3-4-7-17(15)19-21-8-5-9-22-19/h3-4,6-7,10-11H,5,8-9,12H2,1-2H3,(H,21,22). The minimum atomic E-state index is 0.511. The predicted molar refractivity (Wildman–Crippen MR) is 95.7 cm³/mol. The first-order chi connectivity index (χ1) is 11.1. The minimum Gasteiger partial charge on any atom is -0.489 e. The average molecular weight is 329 g/mol. The molecule has 2 aromatic rings. The minimum absolute atomic E-state index is 0.511. The zero-order valence-corrected chi connectivity index (χ0v) is 14.3. The molecule has 0 bridgehead atoms. The molecule has 120 valence electrons. The lowest BCUT2D eigenvalue weighted by Gasteiger charge is -2.18. The zero-order valence-electron chi connectivity index (χ0n) is 13.5. The summed E-state index contributed by atoms with van der Waals surface area (Å²) in [7, 11) is 0. The number of halogens is 1. The smallest absolute Gasteiger partial charge is 0.128 e. The van der Waals surface area contributed by atoms with Crippen LogP contribution in [0.15, 0.2) is 41.4 Å². The number of nitrogens with one attached hydrogen (secondary N) is 1. The fraction of sp³-hybridized carbons (Fsp3) is 0.316. The first-order valence-electron chi connectivity index (χ1n) is 7.91. The molecule has 0 spiro atoms. The van der Waals surface area contributed by atoms with E-state index >= 15 is 0 Å². The third kappa shape index (κ3) is 3.67. The quantitative estimate of drug-likeness (QED) is 0.909. The molecule has 0 saturated heterocycles. The summed E-state index contributed by atoms with van der Waals surface area (Å²) in [4.78, 5) is 4.59. The molecule has 3 rings (SSSR count). The normalized spacial score (nSPS) is 14.1. The lowest BCUT2D eigenvalue weighted by atomic mass is 10.1. The molecule has 0 radical (unpaired) electrons. The molecule has 0 unspecified atom stereocenters. The number of ether oxygens (including phenoxy) is 1. The van der Waals surface area contributed by atoms with E-state index in [0.29, 0.717) is 6.61 Å². The molecule has 0 aliphatic carbocycles. The van der Waals surface area contributed by atoms with Crippen LogP contribution in [0, 0.1) is 13.8 Å². The highest BCUT2D eigenvalue weighted by Crippen LogP contribution is 2.26. The second-order valence-corrected chi connectivity index (χ2v) is 6.21. The summed E-state index contributed by atoms with van der Waals surface area (Å²) in [6.45, 7) is 6.36. The summed E-state index contributed by atoms with van der Waals surface area (Å²) in [6, 6.07) is 12.2. The molecule has 3 nitrogen and oxygen atoms in total. The van der Waals surface area contributed by atoms with Crippen molar-refractivity contribution in [1.82, 2.24) is 5.32 Å². The first kappa shape index (κ1) is 15.9. The maximum absolute atomic E-state index is 6.21. The molecule has 0 atom stereocenters. The van der Waals surface area contributed by atoms with Crippen molar-refractivity contribution in [3.8, 4) is 5.75 Å². The van der Waals surface area contributed by atoms with Crippen LogP contribution in [-0.4, -0.2) is 18.9 Å². The van der Waals surface area contributed by atoms with Crippen LogP contribution in [0.2, 0.25) is 5.02 Å². The van der Waals surface area contributed by atoms with E-state index in [1.807, 2.05) is 38.1 Å². The number of rotatable bonds is 4. The van der Waals surface area contributed by atoms with Crippen LogP contribution in [0.5, 0.6) is 5.75 Å². The molecule has 4 heteroatoms. The lowest BCUT2D eigenvalue weighted by molar-refractivity contribution is 0.305. The van der Waals surface area contributed by atoms with Crippen LogP contribution in [0.1, 0.15) is 28.7 Å². The third-order valence-corrected chi connectivity index (χ3v) is 4.57. The van der Waals surface area contributed by atoms with Gasteiger partial charge in [-0.05, 0) is 43.5 Å². The van der Waals surface area contributed by atoms with Gasteiger partial charge in [-0.3, -0.25) is 4.99 Å². The van der Waals surface area contributed by atoms with Gasteiger partial charge in [-0.1, -0.05) is 35.9 Å². The first-order valence-corrected chi connectivity index (χ1v) is 8.29. The number of aryl methyl sites for hydroxylation is 2. The van der Waals surface area contributed by atoms with Gasteiger partial charge in [0.05, 0.1) is 0 Å². The van der Waals surface area contributed by atoms with Gasteiger partial charge in [0.25, 0.3) is 0 Å². The van der Waals surface area contributed by atoms with Gasteiger partial charge in [0.1, 0.15) is 18.2 Å². The van der Waals surface area contributed by atoms with E-state index in [9.17, 15) is 0 Å². The molecular formula is C19H21ClN2O. The van der Waals surface area contributed by atoms with Gasteiger partial charge in [0, 0.05) is 29.2 Å². The molecule has 0 fully saturated rings. The van der Waals surface area contributed by atoms with E-state index < -0.39 is 0 Å². The maximum atomic E-state index is 6.21. The molecule has 1 heterocycles. The zero-order chi connectivity index (χ0) is 16.2. The van der Waals surface area contributed by atoms with Crippen LogP contribution in [0.3, 0.4) is 0 Å². The third-order valence-electron chi connectivity index (χ3n) is 3.97. The summed E-state index contributed by atoms with van der Waals surface area (Å²) in [5.41, 5.74) is 4.32. The summed E-state index contributed by atoms with van der Waals surface area (Å²) in [5.74, 6) is 1.82. The van der Waals surface area contributed by atoms with Crippen molar-refractivity contribution in [2.75, 3.05) is 13.1 Å². The molecule has 1 N–H and O–H groups in total. The summed E-state index contributed by atoms with van der Waals surface area (Å²) in [5, 5.41) is 4.18. The summed E-state index contributed by atoms with van der Waals surface area (Å²) in [6.07, 6.45) is 1.09. The molecular weight excluding hydrogens is 308 g/mol. The Kier molecular flexibility index (Phi) is 4.87. The second kappa shape index (κ2) is 7.05. The van der Waals surface area contributed by atoms with Gasteiger partial charge < -0.3 is 10.1 Å². The van der Waals surface area contributed by atoms with Crippen LogP contribution >= 0.6 is 11.6 Å². The Balaban J connectivity index is 1.80. The van der Waals surface area contributed by atoms with E-state index in [4.69, 9.17) is 16.3 Å². The van der Waals surface area contributed by atoms with Crippen LogP contribution in [0.4, 0.5) is 0 Å². The average Bonchev–Trinajstić information content (AvgIpc) is 2.59. The predicted octanol–water partition coefficient (Wildman–Crippen LogP) is 4.28. The van der Waals surface area contributed by atoms with Gasteiger partial charge in [-0.2, -0.15) is 0 Å². The Morgan fingerprint density at radius 2 is 1.91 bits per heavy atom. The van der Waals surface area contributed by atoms with Crippen molar-refractivity contribution in [3.63, 3.8) is 0 Å². The Morgan fingerprint density at radius 3 is 2.61 bits per heavy atom. The highest BCUT2D eigenvalue weighted by molar-refractivity contribution is 6.32. The van der Waals surface area contributed by atoms with E-state index in [2.05, 4.69) is 22.4 Å². The van der Waals surface area contributed by atoms with Crippen molar-refractivity contribution in [2.45, 2.75) is 26.9 Å². The summed E-state index contributed by atoms with van der Waals surface area (Å²) >= 11 is 6.21. The molecule has 23 heavy (non-hydrogen) atoms. The number of benzene rings is 2. The second-order valence-electron chi connectivity index (χ2n) is 5.83. The van der Waals surface area contributed by atoms with Crippen LogP contribution in [-0.2, 0) is 6.61 Å². The molecule has 1 aliphatic heterocycles. The topological polar surface area (TPSA) is 33.6 Å². The highest BCUT2D eigenvalue weighted by atomic mass is 35.5. The van der Waals surface area contributed by atoms with Crippen molar-refractivity contribution in [2.24, 2.45) is 4.99 Å². The van der Waals surface area contributed by atoms with Gasteiger partial charge >= 0.3 is 0 Å². The lowest BCUT2D eigenvalue weighted by Crippen LogP contribution is -2.31. The van der Waals surface area contributed by atoms with Gasteiger partial charge in [-0.25, -0.2) is 0 Å². The van der Waals surface area contributed by atoms with Crippen molar-refractivity contribution in [1.29, 1.82) is 0 Å². The molecule has 0 amide bonds. The van der Waals surface area contributed by atoms with Gasteiger partial charge in [0.15, 0.2) is 0 Å². The number of nitrogens with zero attached hydrogens (tertiary/aromatic N) is 1. The Bertz CT molecular complexity index is 717. The fourth-order valence-electron chi connectivity index (χ4n) is 2.74. The van der Waals surface area contributed by atoms with Gasteiger partial charge in [-0.15, -0.1) is 0 Å². The van der Waals surface area contributed by atoms with Crippen LogP contribution < -0.4 is 10.1 Å². The molecule has 0 aromatic heterocycles. The largest absolute Gasteiger partial charge is 0.489 e. The van der Waals surface area contributed by atoms with Crippen molar-refractivity contribution < 1.29 is 4.74 Å². The molecule has 1 aliphatic rings. The number of aliphatic imine (C=N–C) groups is 1. The fourth-order valence-corrected chi connectivity index (χ4v) is 2.85. The Labute approximate surface area is 142 Å². The highest BCUT2D eigenvalue weighted by Gasteiger charge is 2.12. The van der Waals surface area contributed by atoms with E-state index in [1.165, 1.54) is 0 Å². The molecule has 2 aromatic carbocycles. The SMILES string of the molecule is Cc1cc(OCc2ccccc2C2=NCCCN2)cc(C)c1Cl.